The molecule has 2 rings (SSSR count). The van der Waals surface area contributed by atoms with Gasteiger partial charge in [-0.2, -0.15) is 0 Å². The van der Waals surface area contributed by atoms with E-state index in [2.05, 4.69) is 11.3 Å². The van der Waals surface area contributed by atoms with E-state index in [0.717, 1.165) is 0 Å². The van der Waals surface area contributed by atoms with Gasteiger partial charge in [0.15, 0.2) is 0 Å². The number of nitrogens with zero attached hydrogens (tertiary/aromatic N) is 2. The molecule has 0 atom stereocenters. The second-order valence-corrected chi connectivity index (χ2v) is 3.82. The average Bonchev–Trinajstić information content (AvgIpc) is 2.49. The second kappa shape index (κ2) is 4.13. The Morgan fingerprint density at radius 1 is 1.27 bits per heavy atom. The summed E-state index contributed by atoms with van der Waals surface area (Å²) in [6, 6.07) is 6.61. The van der Waals surface area contributed by atoms with Crippen LogP contribution >= 0.6 is 23.2 Å². The van der Waals surface area contributed by atoms with Crippen LogP contribution in [0.4, 0.5) is 0 Å². The standard InChI is InChI=1S/C10H7Cl2N2O/c1-14-3-2-10(13-14)15-9-5-7(11)4-8(12)6-9/h2,4-6H,1H3. The molecule has 1 aromatic carbocycles. The van der Waals surface area contributed by atoms with Crippen LogP contribution in [0.25, 0.3) is 0 Å². The fraction of sp³-hybridized carbons (Fsp3) is 0.100. The van der Waals surface area contributed by atoms with Crippen molar-refractivity contribution in [1.82, 2.24) is 9.78 Å². The minimum atomic E-state index is 0.454. The van der Waals surface area contributed by atoms with Gasteiger partial charge in [-0.1, -0.05) is 23.2 Å². The monoisotopic (exact) mass is 241 g/mol. The first kappa shape index (κ1) is 10.3. The van der Waals surface area contributed by atoms with Gasteiger partial charge in [0.1, 0.15) is 5.75 Å². The Bertz CT molecular complexity index is 462. The molecule has 5 heteroatoms. The maximum Gasteiger partial charge on any atom is 0.238 e. The Morgan fingerprint density at radius 3 is 2.47 bits per heavy atom. The number of halogens is 2. The summed E-state index contributed by atoms with van der Waals surface area (Å²) in [4.78, 5) is 0. The van der Waals surface area contributed by atoms with Gasteiger partial charge in [-0.25, -0.2) is 0 Å². The lowest BCUT2D eigenvalue weighted by atomic mass is 10.3. The molecule has 0 saturated carbocycles. The van der Waals surface area contributed by atoms with Gasteiger partial charge in [0, 0.05) is 23.2 Å². The van der Waals surface area contributed by atoms with Gasteiger partial charge in [-0.15, -0.1) is 5.10 Å². The largest absolute Gasteiger partial charge is 0.437 e. The summed E-state index contributed by atoms with van der Waals surface area (Å²) in [6.07, 6.45) is 2.83. The Labute approximate surface area is 97.2 Å². The molecule has 0 unspecified atom stereocenters. The quantitative estimate of drug-likeness (QED) is 0.807. The first-order valence-electron chi connectivity index (χ1n) is 4.19. The van der Waals surface area contributed by atoms with E-state index in [4.69, 9.17) is 27.9 Å². The van der Waals surface area contributed by atoms with Gasteiger partial charge in [0.25, 0.3) is 0 Å². The maximum atomic E-state index is 5.82. The number of ether oxygens (including phenoxy) is 1. The number of rotatable bonds is 2. The molecule has 0 aliphatic carbocycles. The zero-order valence-electron chi connectivity index (χ0n) is 7.87. The van der Waals surface area contributed by atoms with Gasteiger partial charge in [0.05, 0.1) is 6.20 Å². The molecule has 0 amide bonds. The molecule has 15 heavy (non-hydrogen) atoms. The molecule has 1 radical (unpaired) electrons. The summed E-state index contributed by atoms with van der Waals surface area (Å²) >= 11 is 11.6. The van der Waals surface area contributed by atoms with Gasteiger partial charge < -0.3 is 4.74 Å². The van der Waals surface area contributed by atoms with E-state index < -0.39 is 0 Å². The molecular weight excluding hydrogens is 235 g/mol. The third kappa shape index (κ3) is 2.64. The first-order valence-corrected chi connectivity index (χ1v) is 4.95. The predicted octanol–water partition coefficient (Wildman–Crippen LogP) is 3.32. The second-order valence-electron chi connectivity index (χ2n) is 2.94. The van der Waals surface area contributed by atoms with E-state index in [1.165, 1.54) is 4.68 Å². The number of hydrogen-bond donors (Lipinski definition) is 0. The summed E-state index contributed by atoms with van der Waals surface area (Å²) in [6.45, 7) is 0. The molecule has 0 bridgehead atoms. The summed E-state index contributed by atoms with van der Waals surface area (Å²) in [5, 5.41) is 5.07. The van der Waals surface area contributed by atoms with Crippen molar-refractivity contribution in [3.63, 3.8) is 0 Å². The molecule has 0 aliphatic heterocycles. The van der Waals surface area contributed by atoms with E-state index >= 15 is 0 Å². The van der Waals surface area contributed by atoms with E-state index in [9.17, 15) is 0 Å². The fourth-order valence-electron chi connectivity index (χ4n) is 1.11. The third-order valence-electron chi connectivity index (χ3n) is 1.68. The smallest absolute Gasteiger partial charge is 0.238 e. The number of benzene rings is 1. The summed E-state index contributed by atoms with van der Waals surface area (Å²) in [5.74, 6) is 1.01. The van der Waals surface area contributed by atoms with Gasteiger partial charge in [0.2, 0.25) is 5.88 Å². The number of aryl methyl sites for hydroxylation is 1. The Morgan fingerprint density at radius 2 is 1.93 bits per heavy atom. The number of hydrogen-bond acceptors (Lipinski definition) is 2. The van der Waals surface area contributed by atoms with Crippen LogP contribution < -0.4 is 4.74 Å². The van der Waals surface area contributed by atoms with Crippen LogP contribution in [-0.2, 0) is 7.05 Å². The molecule has 1 aromatic heterocycles. The predicted molar refractivity (Wildman–Crippen MR) is 58.6 cm³/mol. The summed E-state index contributed by atoms with van der Waals surface area (Å²) in [7, 11) is 1.76. The topological polar surface area (TPSA) is 27.1 Å². The van der Waals surface area contributed by atoms with E-state index in [-0.39, 0.29) is 0 Å². The molecule has 0 spiro atoms. The molecule has 0 fully saturated rings. The normalized spacial score (nSPS) is 10.3. The Balaban J connectivity index is 2.24. The molecular formula is C10H7Cl2N2O. The zero-order valence-corrected chi connectivity index (χ0v) is 9.38. The van der Waals surface area contributed by atoms with Crippen LogP contribution in [0.15, 0.2) is 24.3 Å². The fourth-order valence-corrected chi connectivity index (χ4v) is 1.62. The zero-order chi connectivity index (χ0) is 10.8. The lowest BCUT2D eigenvalue weighted by Gasteiger charge is -2.02. The van der Waals surface area contributed by atoms with Crippen molar-refractivity contribution < 1.29 is 4.74 Å². The minimum absolute atomic E-state index is 0.454. The third-order valence-corrected chi connectivity index (χ3v) is 2.12. The highest BCUT2D eigenvalue weighted by Crippen LogP contribution is 2.27. The molecule has 77 valence electrons. The molecule has 3 nitrogen and oxygen atoms in total. The lowest BCUT2D eigenvalue weighted by Crippen LogP contribution is -1.89. The van der Waals surface area contributed by atoms with Gasteiger partial charge >= 0.3 is 0 Å². The van der Waals surface area contributed by atoms with Crippen molar-refractivity contribution in [2.24, 2.45) is 7.05 Å². The average molecular weight is 242 g/mol. The van der Waals surface area contributed by atoms with Crippen LogP contribution in [0, 0.1) is 6.20 Å². The lowest BCUT2D eigenvalue weighted by molar-refractivity contribution is 0.454. The van der Waals surface area contributed by atoms with Gasteiger partial charge in [-0.05, 0) is 18.2 Å². The van der Waals surface area contributed by atoms with Crippen molar-refractivity contribution in [2.45, 2.75) is 0 Å². The summed E-state index contributed by atoms with van der Waals surface area (Å²) < 4.78 is 6.96. The Hall–Kier alpha value is -1.19. The molecule has 2 aromatic rings. The van der Waals surface area contributed by atoms with Crippen molar-refractivity contribution >= 4 is 23.2 Å². The molecule has 1 heterocycles. The highest BCUT2D eigenvalue weighted by molar-refractivity contribution is 6.34. The van der Waals surface area contributed by atoms with Gasteiger partial charge in [-0.3, -0.25) is 4.68 Å². The molecule has 0 N–H and O–H groups in total. The molecule has 0 aliphatic rings. The first-order chi connectivity index (χ1) is 7.13. The van der Waals surface area contributed by atoms with Crippen LogP contribution in [0.5, 0.6) is 11.6 Å². The van der Waals surface area contributed by atoms with Crippen molar-refractivity contribution in [2.75, 3.05) is 0 Å². The van der Waals surface area contributed by atoms with Crippen LogP contribution in [0.1, 0.15) is 0 Å². The van der Waals surface area contributed by atoms with Crippen LogP contribution in [-0.4, -0.2) is 9.78 Å². The SMILES string of the molecule is Cn1[c]cc(Oc2cc(Cl)cc(Cl)c2)n1. The number of aromatic nitrogens is 2. The summed E-state index contributed by atoms with van der Waals surface area (Å²) in [5.41, 5.74) is 0. The van der Waals surface area contributed by atoms with Crippen molar-refractivity contribution in [1.29, 1.82) is 0 Å². The van der Waals surface area contributed by atoms with Crippen molar-refractivity contribution in [3.8, 4) is 11.6 Å². The minimum Gasteiger partial charge on any atom is -0.437 e. The Kier molecular flexibility index (Phi) is 2.84. The van der Waals surface area contributed by atoms with E-state index in [1.807, 2.05) is 0 Å². The maximum absolute atomic E-state index is 5.82. The van der Waals surface area contributed by atoms with Crippen LogP contribution in [0.3, 0.4) is 0 Å². The highest BCUT2D eigenvalue weighted by atomic mass is 35.5. The molecule has 0 saturated heterocycles. The van der Waals surface area contributed by atoms with Crippen LogP contribution in [0.2, 0.25) is 10.0 Å². The van der Waals surface area contributed by atoms with E-state index in [0.29, 0.717) is 21.7 Å². The van der Waals surface area contributed by atoms with Crippen molar-refractivity contribution in [3.05, 3.63) is 40.5 Å². The highest BCUT2D eigenvalue weighted by Gasteiger charge is 2.03. The van der Waals surface area contributed by atoms with E-state index in [1.54, 1.807) is 31.3 Å².